The lowest BCUT2D eigenvalue weighted by atomic mass is 9.99. The van der Waals surface area contributed by atoms with Gasteiger partial charge in [-0.05, 0) is 68.8 Å². The van der Waals surface area contributed by atoms with Gasteiger partial charge in [0.25, 0.3) is 0 Å². The minimum atomic E-state index is -0.200. The highest BCUT2D eigenvalue weighted by Gasteiger charge is 2.45. The highest BCUT2D eigenvalue weighted by atomic mass is 16.5. The van der Waals surface area contributed by atoms with Crippen LogP contribution in [0.5, 0.6) is 6.01 Å². The van der Waals surface area contributed by atoms with Crippen molar-refractivity contribution in [2.75, 3.05) is 69.3 Å². The van der Waals surface area contributed by atoms with Gasteiger partial charge in [0.15, 0.2) is 0 Å². The molecule has 4 aliphatic heterocycles. The third-order valence-electron chi connectivity index (χ3n) is 11.5. The van der Waals surface area contributed by atoms with Crippen molar-refractivity contribution < 1.29 is 9.53 Å². The number of carbonyl (C=O) groups excluding carboxylic acids is 1. The number of anilines is 2. The second kappa shape index (κ2) is 14.5. The van der Waals surface area contributed by atoms with Crippen LogP contribution in [-0.4, -0.2) is 108 Å². The fraction of sp³-hybridized carbons (Fsp3) is 0.463. The minimum absolute atomic E-state index is 0.0920. The molecule has 0 bridgehead atoms. The van der Waals surface area contributed by atoms with Crippen LogP contribution in [0.1, 0.15) is 41.6 Å². The zero-order chi connectivity index (χ0) is 34.9. The van der Waals surface area contributed by atoms with Crippen molar-refractivity contribution >= 4 is 28.2 Å². The van der Waals surface area contributed by atoms with E-state index in [2.05, 4.69) is 100 Å². The van der Waals surface area contributed by atoms with Crippen LogP contribution in [-0.2, 0) is 24.2 Å². The molecule has 4 atom stereocenters. The van der Waals surface area contributed by atoms with E-state index in [0.29, 0.717) is 44.8 Å². The third-order valence-corrected chi connectivity index (χ3v) is 11.5. The average Bonchev–Trinajstić information content (AvgIpc) is 3.83. The molecule has 4 unspecified atom stereocenters. The van der Waals surface area contributed by atoms with Crippen LogP contribution in [0.3, 0.4) is 0 Å². The van der Waals surface area contributed by atoms with E-state index in [-0.39, 0.29) is 24.4 Å². The first kappa shape index (κ1) is 33.4. The number of nitriles is 1. The Morgan fingerprint density at radius 2 is 1.78 bits per heavy atom. The number of aromatic nitrogens is 2. The molecule has 0 saturated carbocycles. The van der Waals surface area contributed by atoms with E-state index in [1.54, 1.807) is 0 Å². The summed E-state index contributed by atoms with van der Waals surface area (Å²) in [7, 11) is 2.16. The lowest BCUT2D eigenvalue weighted by Gasteiger charge is -2.42. The molecule has 10 heteroatoms. The van der Waals surface area contributed by atoms with Gasteiger partial charge in [0.05, 0.1) is 30.8 Å². The van der Waals surface area contributed by atoms with Crippen LogP contribution < -0.4 is 14.5 Å². The summed E-state index contributed by atoms with van der Waals surface area (Å²) in [5.74, 6) is 1.05. The summed E-state index contributed by atoms with van der Waals surface area (Å²) in [6, 6.07) is 26.3. The zero-order valence-corrected chi connectivity index (χ0v) is 29.9. The first-order chi connectivity index (χ1) is 25.0. The predicted molar refractivity (Wildman–Crippen MR) is 200 cm³/mol. The van der Waals surface area contributed by atoms with E-state index in [0.717, 1.165) is 62.5 Å². The van der Waals surface area contributed by atoms with E-state index in [4.69, 9.17) is 14.7 Å². The van der Waals surface area contributed by atoms with Crippen molar-refractivity contribution in [3.63, 3.8) is 0 Å². The number of fused-ring (bicyclic) bond motifs is 2. The predicted octanol–water partition coefficient (Wildman–Crippen LogP) is 4.83. The minimum Gasteiger partial charge on any atom is -0.462 e. The number of piperazine rings is 1. The number of carbonyl (C=O) groups is 1. The maximum atomic E-state index is 13.8. The van der Waals surface area contributed by atoms with Gasteiger partial charge in [-0.3, -0.25) is 9.69 Å². The van der Waals surface area contributed by atoms with E-state index >= 15 is 0 Å². The van der Waals surface area contributed by atoms with Gasteiger partial charge in [0, 0.05) is 61.9 Å². The summed E-state index contributed by atoms with van der Waals surface area (Å²) in [6.07, 6.45) is 4.31. The normalized spacial score (nSPS) is 23.3. The Hall–Kier alpha value is -4.72. The Morgan fingerprint density at radius 3 is 2.59 bits per heavy atom. The van der Waals surface area contributed by atoms with Crippen LogP contribution >= 0.6 is 0 Å². The Morgan fingerprint density at radius 1 is 0.941 bits per heavy atom. The summed E-state index contributed by atoms with van der Waals surface area (Å²) >= 11 is 0. The number of ether oxygens (including phenoxy) is 1. The lowest BCUT2D eigenvalue weighted by Crippen LogP contribution is -2.57. The van der Waals surface area contributed by atoms with E-state index in [1.165, 1.54) is 34.0 Å². The molecule has 10 nitrogen and oxygen atoms in total. The summed E-state index contributed by atoms with van der Waals surface area (Å²) in [4.78, 5) is 35.3. The van der Waals surface area contributed by atoms with Crippen molar-refractivity contribution in [3.8, 4) is 12.1 Å². The summed E-state index contributed by atoms with van der Waals surface area (Å²) in [5, 5.41) is 12.4. The van der Waals surface area contributed by atoms with Crippen LogP contribution in [0.25, 0.3) is 10.8 Å². The number of hydrogen-bond donors (Lipinski definition) is 0. The molecule has 3 fully saturated rings. The zero-order valence-electron chi connectivity index (χ0n) is 29.9. The maximum absolute atomic E-state index is 13.8. The quantitative estimate of drug-likeness (QED) is 0.218. The highest BCUT2D eigenvalue weighted by molar-refractivity contribution is 5.97. The molecular formula is C41H48N8O2. The number of amides is 1. The van der Waals surface area contributed by atoms with Crippen molar-refractivity contribution in [2.45, 2.75) is 63.7 Å². The Balaban J connectivity index is 1.03. The number of aryl methyl sites for hydroxylation is 1. The van der Waals surface area contributed by atoms with Crippen molar-refractivity contribution in [1.82, 2.24) is 24.7 Å². The summed E-state index contributed by atoms with van der Waals surface area (Å²) in [5.41, 5.74) is 5.93. The molecule has 5 heterocycles. The molecule has 3 aromatic carbocycles. The number of hydrogen-bond acceptors (Lipinski definition) is 9. The Kier molecular flexibility index (Phi) is 9.50. The maximum Gasteiger partial charge on any atom is 0.318 e. The van der Waals surface area contributed by atoms with Crippen molar-refractivity contribution in [2.24, 2.45) is 0 Å². The van der Waals surface area contributed by atoms with Crippen molar-refractivity contribution in [1.29, 1.82) is 5.26 Å². The molecule has 3 saturated heterocycles. The molecule has 8 rings (SSSR count). The molecular weight excluding hydrogens is 637 g/mol. The summed E-state index contributed by atoms with van der Waals surface area (Å²) in [6.45, 7) is 8.78. The molecule has 4 aliphatic rings. The van der Waals surface area contributed by atoms with E-state index < -0.39 is 0 Å². The third kappa shape index (κ3) is 6.97. The first-order valence-electron chi connectivity index (χ1n) is 18.6. The Bertz CT molecular complexity index is 1920. The second-order valence-electron chi connectivity index (χ2n) is 14.7. The molecule has 0 radical (unpaired) electrons. The average molecular weight is 685 g/mol. The van der Waals surface area contributed by atoms with Crippen molar-refractivity contribution in [3.05, 3.63) is 89.1 Å². The Labute approximate surface area is 301 Å². The molecule has 0 spiro atoms. The first-order valence-corrected chi connectivity index (χ1v) is 18.6. The highest BCUT2D eigenvalue weighted by Crippen LogP contribution is 2.36. The van der Waals surface area contributed by atoms with E-state index in [9.17, 15) is 10.1 Å². The van der Waals surface area contributed by atoms with Crippen LogP contribution in [0.4, 0.5) is 11.5 Å². The van der Waals surface area contributed by atoms with Gasteiger partial charge in [-0.2, -0.15) is 15.2 Å². The number of likely N-dealkylation sites (tertiary alicyclic amines) is 1. The number of nitrogens with zero attached hydrogens (tertiary/aromatic N) is 8. The van der Waals surface area contributed by atoms with Gasteiger partial charge in [-0.15, -0.1) is 0 Å². The lowest BCUT2D eigenvalue weighted by molar-refractivity contribution is -0.134. The van der Waals surface area contributed by atoms with Gasteiger partial charge in [0.1, 0.15) is 18.5 Å². The molecule has 0 aliphatic carbocycles. The topological polar surface area (TPSA) is 91.8 Å². The number of benzene rings is 3. The van der Waals surface area contributed by atoms with E-state index in [1.807, 2.05) is 11.0 Å². The monoisotopic (exact) mass is 684 g/mol. The SMILES string of the molecule is Cc1cccc2cccc(N3CCc4c(nc(OCC5CCCN5C)nc4N4CCN(C(=O)C5CN5CCc5ccccc5)C(CC#N)C4)C3)c12. The van der Waals surface area contributed by atoms with Gasteiger partial charge in [0.2, 0.25) is 5.91 Å². The van der Waals surface area contributed by atoms with Crippen LogP contribution in [0.2, 0.25) is 0 Å². The molecule has 1 amide bonds. The molecule has 51 heavy (non-hydrogen) atoms. The fourth-order valence-corrected chi connectivity index (χ4v) is 8.43. The van der Waals surface area contributed by atoms with Gasteiger partial charge in [-0.1, -0.05) is 60.7 Å². The second-order valence-corrected chi connectivity index (χ2v) is 14.7. The molecule has 0 N–H and O–H groups in total. The number of rotatable bonds is 10. The van der Waals surface area contributed by atoms with Gasteiger partial charge >= 0.3 is 6.01 Å². The summed E-state index contributed by atoms with van der Waals surface area (Å²) < 4.78 is 6.40. The molecule has 4 aromatic rings. The van der Waals surface area contributed by atoms with Gasteiger partial charge < -0.3 is 24.3 Å². The standard InChI is InChI=1S/C41H48N8O2/c1-29-9-6-12-31-13-7-15-36(38(29)31)46-22-18-34-35(26-46)43-41(51-28-33-14-8-20-45(33)2)44-39(34)48-23-24-49(32(25-48)16-19-42)40(50)37-27-47(37)21-17-30-10-4-3-5-11-30/h3-7,9-13,15,32-33,37H,8,14,16-18,20-28H2,1-2H3. The van der Waals surface area contributed by atoms with Crippen LogP contribution in [0.15, 0.2) is 66.7 Å². The van der Waals surface area contributed by atoms with Crippen LogP contribution in [0, 0.1) is 18.3 Å². The largest absolute Gasteiger partial charge is 0.462 e. The molecule has 1 aromatic heterocycles. The smallest absolute Gasteiger partial charge is 0.318 e. The number of likely N-dealkylation sites (N-methyl/N-ethyl adjacent to an activating group) is 1. The fourth-order valence-electron chi connectivity index (χ4n) is 8.43. The molecule has 264 valence electrons. The van der Waals surface area contributed by atoms with Gasteiger partial charge in [-0.25, -0.2) is 0 Å².